The number of rotatable bonds is 2. The molecule has 1 aromatic heterocycles. The van der Waals surface area contributed by atoms with Crippen molar-refractivity contribution < 1.29 is 0 Å². The van der Waals surface area contributed by atoms with Crippen molar-refractivity contribution in [1.82, 2.24) is 9.97 Å². The zero-order valence-electron chi connectivity index (χ0n) is 9.83. The average Bonchev–Trinajstić information content (AvgIpc) is 3.15. The van der Waals surface area contributed by atoms with Gasteiger partial charge in [0.25, 0.3) is 0 Å². The van der Waals surface area contributed by atoms with Gasteiger partial charge in [-0.15, -0.1) is 0 Å². The Morgan fingerprint density at radius 1 is 1.11 bits per heavy atom. The summed E-state index contributed by atoms with van der Waals surface area (Å²) in [6, 6.07) is 5.25. The molecule has 0 amide bonds. The van der Waals surface area contributed by atoms with Crippen LogP contribution in [0.5, 0.6) is 0 Å². The minimum Gasteiger partial charge on any atom is -0.383 e. The van der Waals surface area contributed by atoms with Gasteiger partial charge < -0.3 is 5.73 Å². The third kappa shape index (κ3) is 2.71. The summed E-state index contributed by atoms with van der Waals surface area (Å²) in [5.74, 6) is 1.49. The molecule has 1 aromatic carbocycles. The Labute approximate surface area is 129 Å². The molecule has 1 heterocycles. The quantitative estimate of drug-likeness (QED) is 0.848. The highest BCUT2D eigenvalue weighted by molar-refractivity contribution is 9.10. The van der Waals surface area contributed by atoms with Crippen LogP contribution in [-0.4, -0.2) is 9.97 Å². The summed E-state index contributed by atoms with van der Waals surface area (Å²) in [6.07, 6.45) is 2.29. The molecule has 0 spiro atoms. The van der Waals surface area contributed by atoms with E-state index in [2.05, 4.69) is 25.9 Å². The molecule has 1 aliphatic rings. The lowest BCUT2D eigenvalue weighted by Crippen LogP contribution is -2.02. The zero-order valence-corrected chi connectivity index (χ0v) is 12.9. The number of benzene rings is 1. The maximum absolute atomic E-state index is 6.01. The summed E-state index contributed by atoms with van der Waals surface area (Å²) in [4.78, 5) is 8.89. The van der Waals surface area contributed by atoms with Crippen LogP contribution in [0.2, 0.25) is 10.0 Å². The number of nitrogens with two attached hydrogens (primary N) is 1. The van der Waals surface area contributed by atoms with Gasteiger partial charge in [0.1, 0.15) is 5.82 Å². The van der Waals surface area contributed by atoms with Gasteiger partial charge in [0.05, 0.1) is 10.2 Å². The third-order valence-electron chi connectivity index (χ3n) is 2.99. The number of nitrogen functional groups attached to an aromatic ring is 1. The van der Waals surface area contributed by atoms with Gasteiger partial charge in [-0.1, -0.05) is 23.2 Å². The van der Waals surface area contributed by atoms with Crippen LogP contribution >= 0.6 is 39.1 Å². The fraction of sp³-hybridized carbons (Fsp3) is 0.231. The number of hydrogen-bond acceptors (Lipinski definition) is 3. The molecule has 0 aliphatic heterocycles. The molecule has 0 atom stereocenters. The molecule has 3 rings (SSSR count). The number of hydrogen-bond donors (Lipinski definition) is 1. The molecule has 98 valence electrons. The molecule has 2 N–H and O–H groups in total. The summed E-state index contributed by atoms with van der Waals surface area (Å²) in [5, 5.41) is 1.11. The predicted octanol–water partition coefficient (Wildman–Crippen LogP) is 4.67. The van der Waals surface area contributed by atoms with Gasteiger partial charge >= 0.3 is 0 Å². The van der Waals surface area contributed by atoms with E-state index in [1.165, 1.54) is 0 Å². The van der Waals surface area contributed by atoms with Crippen LogP contribution in [0.1, 0.15) is 24.5 Å². The van der Waals surface area contributed by atoms with Crippen molar-refractivity contribution in [3.63, 3.8) is 0 Å². The molecule has 6 heteroatoms. The second-order valence-electron chi connectivity index (χ2n) is 4.56. The second kappa shape index (κ2) is 4.93. The summed E-state index contributed by atoms with van der Waals surface area (Å²) < 4.78 is 0.798. The van der Waals surface area contributed by atoms with Crippen LogP contribution in [-0.2, 0) is 0 Å². The topological polar surface area (TPSA) is 51.8 Å². The Balaban J connectivity index is 2.14. The first kappa shape index (κ1) is 13.2. The van der Waals surface area contributed by atoms with Crippen molar-refractivity contribution in [3.8, 4) is 11.4 Å². The maximum atomic E-state index is 6.01. The zero-order chi connectivity index (χ0) is 13.6. The van der Waals surface area contributed by atoms with Crippen LogP contribution < -0.4 is 5.73 Å². The summed E-state index contributed by atoms with van der Waals surface area (Å²) in [6.45, 7) is 0. The Bertz CT molecular complexity index is 636. The van der Waals surface area contributed by atoms with E-state index < -0.39 is 0 Å². The van der Waals surface area contributed by atoms with Gasteiger partial charge in [-0.3, -0.25) is 0 Å². The molecule has 19 heavy (non-hydrogen) atoms. The molecule has 0 bridgehead atoms. The Hall–Kier alpha value is -0.840. The first-order valence-corrected chi connectivity index (χ1v) is 7.39. The second-order valence-corrected chi connectivity index (χ2v) is 6.23. The Morgan fingerprint density at radius 3 is 2.32 bits per heavy atom. The lowest BCUT2D eigenvalue weighted by atomic mass is 10.2. The van der Waals surface area contributed by atoms with Crippen LogP contribution in [0.4, 0.5) is 5.82 Å². The van der Waals surface area contributed by atoms with Crippen molar-refractivity contribution in [1.29, 1.82) is 0 Å². The standard InChI is InChI=1S/C13H10BrCl2N3/c14-10-11(6-1-2-6)18-13(19-12(10)17)7-3-8(15)5-9(16)4-7/h3-6H,1-2H2,(H2,17,18,19). The number of aromatic nitrogens is 2. The summed E-state index contributed by atoms with van der Waals surface area (Å²) in [5.41, 5.74) is 7.68. The van der Waals surface area contributed by atoms with E-state index in [-0.39, 0.29) is 0 Å². The van der Waals surface area contributed by atoms with Crippen LogP contribution in [0, 0.1) is 0 Å². The third-order valence-corrected chi connectivity index (χ3v) is 4.24. The number of halogens is 3. The molecule has 0 unspecified atom stereocenters. The first-order chi connectivity index (χ1) is 9.04. The van der Waals surface area contributed by atoms with Crippen molar-refractivity contribution >= 4 is 44.9 Å². The molecule has 0 saturated heterocycles. The fourth-order valence-electron chi connectivity index (χ4n) is 1.92. The Kier molecular flexibility index (Phi) is 3.41. The van der Waals surface area contributed by atoms with Crippen LogP contribution in [0.15, 0.2) is 22.7 Å². The van der Waals surface area contributed by atoms with E-state index >= 15 is 0 Å². The SMILES string of the molecule is Nc1nc(-c2cc(Cl)cc(Cl)c2)nc(C2CC2)c1Br. The fourth-order valence-corrected chi connectivity index (χ4v) is 2.95. The van der Waals surface area contributed by atoms with Gasteiger partial charge in [-0.2, -0.15) is 0 Å². The minimum atomic E-state index is 0.447. The molecule has 1 saturated carbocycles. The molecule has 1 fully saturated rings. The van der Waals surface area contributed by atoms with Crippen molar-refractivity contribution in [3.05, 3.63) is 38.4 Å². The highest BCUT2D eigenvalue weighted by atomic mass is 79.9. The van der Waals surface area contributed by atoms with Gasteiger partial charge in [-0.25, -0.2) is 9.97 Å². The lowest BCUT2D eigenvalue weighted by molar-refractivity contribution is 0.984. The first-order valence-electron chi connectivity index (χ1n) is 5.84. The van der Waals surface area contributed by atoms with Crippen LogP contribution in [0.25, 0.3) is 11.4 Å². The molecule has 2 aromatic rings. The maximum Gasteiger partial charge on any atom is 0.161 e. The van der Waals surface area contributed by atoms with Crippen molar-refractivity contribution in [2.45, 2.75) is 18.8 Å². The lowest BCUT2D eigenvalue weighted by Gasteiger charge is -2.09. The van der Waals surface area contributed by atoms with E-state index in [1.807, 2.05) is 0 Å². The predicted molar refractivity (Wildman–Crippen MR) is 81.6 cm³/mol. The van der Waals surface area contributed by atoms with Crippen molar-refractivity contribution in [2.75, 3.05) is 5.73 Å². The molecule has 0 radical (unpaired) electrons. The number of anilines is 1. The average molecular weight is 359 g/mol. The van der Waals surface area contributed by atoms with Gasteiger partial charge in [0.15, 0.2) is 5.82 Å². The van der Waals surface area contributed by atoms with Gasteiger partial charge in [0.2, 0.25) is 0 Å². The summed E-state index contributed by atoms with van der Waals surface area (Å²) in [7, 11) is 0. The highest BCUT2D eigenvalue weighted by Crippen LogP contribution is 2.44. The molecular weight excluding hydrogens is 349 g/mol. The molecule has 3 nitrogen and oxygen atoms in total. The minimum absolute atomic E-state index is 0.447. The van der Waals surface area contributed by atoms with E-state index in [1.54, 1.807) is 18.2 Å². The number of nitrogens with zero attached hydrogens (tertiary/aromatic N) is 2. The smallest absolute Gasteiger partial charge is 0.161 e. The van der Waals surface area contributed by atoms with Gasteiger partial charge in [-0.05, 0) is 47.0 Å². The Morgan fingerprint density at radius 2 is 1.74 bits per heavy atom. The molecule has 1 aliphatic carbocycles. The van der Waals surface area contributed by atoms with Gasteiger partial charge in [0, 0.05) is 21.5 Å². The highest BCUT2D eigenvalue weighted by Gasteiger charge is 2.29. The monoisotopic (exact) mass is 357 g/mol. The van der Waals surface area contributed by atoms with E-state index in [4.69, 9.17) is 28.9 Å². The van der Waals surface area contributed by atoms with E-state index in [0.29, 0.717) is 27.6 Å². The summed E-state index contributed by atoms with van der Waals surface area (Å²) >= 11 is 15.5. The van der Waals surface area contributed by atoms with Crippen LogP contribution in [0.3, 0.4) is 0 Å². The largest absolute Gasteiger partial charge is 0.383 e. The van der Waals surface area contributed by atoms with E-state index in [0.717, 1.165) is 28.6 Å². The van der Waals surface area contributed by atoms with Crippen molar-refractivity contribution in [2.24, 2.45) is 0 Å². The normalized spacial score (nSPS) is 14.7. The van der Waals surface area contributed by atoms with E-state index in [9.17, 15) is 0 Å². The molecular formula is C13H10BrCl2N3.